The first-order chi connectivity index (χ1) is 24.7. The lowest BCUT2D eigenvalue weighted by molar-refractivity contribution is 1.18. The first-order valence-corrected chi connectivity index (χ1v) is 17.0. The summed E-state index contributed by atoms with van der Waals surface area (Å²) in [5.41, 5.74) is 14.8. The van der Waals surface area contributed by atoms with Gasteiger partial charge in [-0.25, -0.2) is 9.97 Å². The highest BCUT2D eigenvalue weighted by atomic mass is 15.0. The molecule has 50 heavy (non-hydrogen) atoms. The van der Waals surface area contributed by atoms with Crippen molar-refractivity contribution in [3.05, 3.63) is 188 Å². The van der Waals surface area contributed by atoms with Crippen molar-refractivity contribution in [2.45, 2.75) is 6.92 Å². The van der Waals surface area contributed by atoms with Crippen LogP contribution in [-0.4, -0.2) is 14.5 Å². The molecule has 3 heterocycles. The van der Waals surface area contributed by atoms with Gasteiger partial charge in [0.2, 0.25) is 0 Å². The summed E-state index contributed by atoms with van der Waals surface area (Å²) in [6.07, 6.45) is 0. The first kappa shape index (κ1) is 29.6. The van der Waals surface area contributed by atoms with E-state index in [4.69, 9.17) is 9.97 Å². The zero-order chi connectivity index (χ0) is 33.4. The zero-order valence-electron chi connectivity index (χ0n) is 27.7. The van der Waals surface area contributed by atoms with E-state index in [1.807, 2.05) is 12.1 Å². The maximum absolute atomic E-state index is 5.27. The average Bonchev–Trinajstić information content (AvgIpc) is 3.53. The minimum atomic E-state index is 0.829. The lowest BCUT2D eigenvalue weighted by Crippen LogP contribution is -1.97. The molecule has 0 saturated carbocycles. The quantitative estimate of drug-likeness (QED) is 0.181. The number of hydrogen-bond acceptors (Lipinski definition) is 2. The Morgan fingerprint density at radius 3 is 1.32 bits per heavy atom. The highest BCUT2D eigenvalue weighted by Gasteiger charge is 2.16. The highest BCUT2D eigenvalue weighted by Crippen LogP contribution is 2.36. The molecular formula is C47H33N3. The van der Waals surface area contributed by atoms with Gasteiger partial charge in [-0.15, -0.1) is 0 Å². The van der Waals surface area contributed by atoms with Gasteiger partial charge >= 0.3 is 0 Å². The van der Waals surface area contributed by atoms with Crippen LogP contribution in [0.2, 0.25) is 0 Å². The number of nitrogens with zero attached hydrogens (tertiary/aromatic N) is 3. The fourth-order valence-electron chi connectivity index (χ4n) is 7.02. The summed E-state index contributed by atoms with van der Waals surface area (Å²) in [6.45, 7) is 2.13. The van der Waals surface area contributed by atoms with Gasteiger partial charge in [0.1, 0.15) is 0 Å². The third kappa shape index (κ3) is 5.45. The van der Waals surface area contributed by atoms with Gasteiger partial charge in [-0.05, 0) is 77.7 Å². The molecule has 3 aromatic heterocycles. The molecule has 3 heteroatoms. The predicted molar refractivity (Wildman–Crippen MR) is 208 cm³/mol. The second-order valence-corrected chi connectivity index (χ2v) is 12.8. The summed E-state index contributed by atoms with van der Waals surface area (Å²) >= 11 is 0. The lowest BCUT2D eigenvalue weighted by Gasteiger charge is -2.14. The Morgan fingerprint density at radius 1 is 0.340 bits per heavy atom. The zero-order valence-corrected chi connectivity index (χ0v) is 27.7. The van der Waals surface area contributed by atoms with Crippen molar-refractivity contribution >= 4 is 21.8 Å². The first-order valence-electron chi connectivity index (χ1n) is 17.0. The molecule has 0 N–H and O–H groups in total. The van der Waals surface area contributed by atoms with Crippen LogP contribution >= 0.6 is 0 Å². The molecule has 6 aromatic carbocycles. The molecular weight excluding hydrogens is 607 g/mol. The van der Waals surface area contributed by atoms with Gasteiger partial charge in [0.05, 0.1) is 33.8 Å². The van der Waals surface area contributed by atoms with Crippen molar-refractivity contribution in [3.63, 3.8) is 0 Å². The monoisotopic (exact) mass is 639 g/mol. The molecule has 0 saturated heterocycles. The Hall–Kier alpha value is -6.58. The molecule has 3 nitrogen and oxygen atoms in total. The third-order valence-electron chi connectivity index (χ3n) is 9.42. The SMILES string of the molecule is Cc1cccc(-c2cc(-c3ccccc3)nc(-c3cc(-c4cccc(-n5c6ccccc6c6ccccc65)c4)cc(-c4ccccc4)n3)c2)c1. The Bertz CT molecular complexity index is 2600. The van der Waals surface area contributed by atoms with Gasteiger partial charge < -0.3 is 4.57 Å². The molecule has 0 atom stereocenters. The van der Waals surface area contributed by atoms with Crippen molar-refractivity contribution in [1.82, 2.24) is 14.5 Å². The number of pyridine rings is 2. The van der Waals surface area contributed by atoms with Crippen molar-refractivity contribution in [2.24, 2.45) is 0 Å². The largest absolute Gasteiger partial charge is 0.309 e. The van der Waals surface area contributed by atoms with Crippen molar-refractivity contribution in [3.8, 4) is 61.8 Å². The summed E-state index contributed by atoms with van der Waals surface area (Å²) in [5, 5.41) is 2.50. The molecule has 0 fully saturated rings. The molecule has 0 unspecified atom stereocenters. The summed E-state index contributed by atoms with van der Waals surface area (Å²) in [7, 11) is 0. The number of aromatic nitrogens is 3. The van der Waals surface area contributed by atoms with E-state index in [1.54, 1.807) is 0 Å². The lowest BCUT2D eigenvalue weighted by atomic mass is 9.98. The van der Waals surface area contributed by atoms with Crippen molar-refractivity contribution in [1.29, 1.82) is 0 Å². The number of para-hydroxylation sites is 2. The highest BCUT2D eigenvalue weighted by molar-refractivity contribution is 6.09. The maximum atomic E-state index is 5.27. The van der Waals surface area contributed by atoms with Crippen LogP contribution in [0.3, 0.4) is 0 Å². The summed E-state index contributed by atoms with van der Waals surface area (Å²) in [5.74, 6) is 0. The maximum Gasteiger partial charge on any atom is 0.0900 e. The normalized spacial score (nSPS) is 11.3. The summed E-state index contributed by atoms with van der Waals surface area (Å²) in [6, 6.07) is 64.3. The Morgan fingerprint density at radius 2 is 0.780 bits per heavy atom. The molecule has 0 spiro atoms. The second kappa shape index (κ2) is 12.5. The topological polar surface area (TPSA) is 30.7 Å². The molecule has 0 aliphatic heterocycles. The van der Waals surface area contributed by atoms with Crippen molar-refractivity contribution in [2.75, 3.05) is 0 Å². The standard InChI is InChI=1S/C47H33N3/c1-32-14-12-19-35(26-32)37-28-42(33-15-4-2-5-16-33)48-44(30-37)45-31-38(29-43(49-45)34-17-6-3-7-18-34)36-20-13-21-39(27-36)50-46-24-10-8-22-40(46)41-23-9-11-25-47(41)50/h2-31H,1H3. The molecule has 0 amide bonds. The summed E-state index contributed by atoms with van der Waals surface area (Å²) in [4.78, 5) is 10.5. The third-order valence-corrected chi connectivity index (χ3v) is 9.42. The van der Waals surface area contributed by atoms with Gasteiger partial charge in [0.25, 0.3) is 0 Å². The molecule has 0 aliphatic carbocycles. The van der Waals surface area contributed by atoms with Crippen LogP contribution in [0.4, 0.5) is 0 Å². The van der Waals surface area contributed by atoms with E-state index in [2.05, 4.69) is 181 Å². The fourth-order valence-corrected chi connectivity index (χ4v) is 7.02. The Balaban J connectivity index is 1.25. The number of fused-ring (bicyclic) bond motifs is 3. The van der Waals surface area contributed by atoms with Gasteiger partial charge in [-0.2, -0.15) is 0 Å². The van der Waals surface area contributed by atoms with E-state index in [1.165, 1.54) is 27.4 Å². The Labute approximate surface area is 291 Å². The molecule has 0 bridgehead atoms. The minimum absolute atomic E-state index is 0.829. The van der Waals surface area contributed by atoms with E-state index in [0.29, 0.717) is 0 Å². The van der Waals surface area contributed by atoms with E-state index >= 15 is 0 Å². The average molecular weight is 640 g/mol. The number of rotatable bonds is 6. The van der Waals surface area contributed by atoms with Crippen LogP contribution in [0.25, 0.3) is 83.6 Å². The van der Waals surface area contributed by atoms with E-state index in [9.17, 15) is 0 Å². The van der Waals surface area contributed by atoms with E-state index in [0.717, 1.165) is 61.8 Å². The number of hydrogen-bond donors (Lipinski definition) is 0. The van der Waals surface area contributed by atoms with Gasteiger partial charge in [0.15, 0.2) is 0 Å². The number of aryl methyl sites for hydroxylation is 1. The fraction of sp³-hybridized carbons (Fsp3) is 0.0213. The predicted octanol–water partition coefficient (Wildman–Crippen LogP) is 12.2. The smallest absolute Gasteiger partial charge is 0.0900 e. The van der Waals surface area contributed by atoms with Crippen LogP contribution in [0, 0.1) is 6.92 Å². The molecule has 9 aromatic rings. The van der Waals surface area contributed by atoms with Gasteiger partial charge in [-0.1, -0.05) is 139 Å². The van der Waals surface area contributed by atoms with Gasteiger partial charge in [0, 0.05) is 27.6 Å². The molecule has 9 rings (SSSR count). The second-order valence-electron chi connectivity index (χ2n) is 12.8. The van der Waals surface area contributed by atoms with Crippen LogP contribution in [0.15, 0.2) is 182 Å². The van der Waals surface area contributed by atoms with Crippen LogP contribution < -0.4 is 0 Å². The van der Waals surface area contributed by atoms with Crippen LogP contribution in [-0.2, 0) is 0 Å². The number of benzene rings is 6. The molecule has 236 valence electrons. The summed E-state index contributed by atoms with van der Waals surface area (Å²) < 4.78 is 2.37. The van der Waals surface area contributed by atoms with E-state index in [-0.39, 0.29) is 0 Å². The minimum Gasteiger partial charge on any atom is -0.309 e. The molecule has 0 radical (unpaired) electrons. The van der Waals surface area contributed by atoms with Crippen LogP contribution in [0.5, 0.6) is 0 Å². The van der Waals surface area contributed by atoms with Crippen molar-refractivity contribution < 1.29 is 0 Å². The van der Waals surface area contributed by atoms with Crippen LogP contribution in [0.1, 0.15) is 5.56 Å². The Kier molecular flexibility index (Phi) is 7.37. The van der Waals surface area contributed by atoms with E-state index < -0.39 is 0 Å². The molecule has 0 aliphatic rings. The van der Waals surface area contributed by atoms with Gasteiger partial charge in [-0.3, -0.25) is 0 Å².